The van der Waals surface area contributed by atoms with E-state index in [1.807, 2.05) is 18.2 Å². The van der Waals surface area contributed by atoms with E-state index in [9.17, 15) is 13.2 Å². The van der Waals surface area contributed by atoms with Crippen LogP contribution in [0.2, 0.25) is 0 Å². The third kappa shape index (κ3) is 5.39. The number of aromatic nitrogens is 1. The normalized spacial score (nSPS) is 13.2. The first-order valence-electron chi connectivity index (χ1n) is 10.7. The molecule has 0 radical (unpaired) electrons. The lowest BCUT2D eigenvalue weighted by Gasteiger charge is -2.22. The van der Waals surface area contributed by atoms with E-state index in [-0.39, 0.29) is 6.04 Å². The van der Waals surface area contributed by atoms with Crippen molar-refractivity contribution in [2.24, 2.45) is 0 Å². The molecule has 0 aliphatic rings. The molecule has 0 saturated heterocycles. The number of methoxy groups -OCH3 is 1. The van der Waals surface area contributed by atoms with E-state index in [4.69, 9.17) is 4.74 Å². The Kier molecular flexibility index (Phi) is 7.26. The molecule has 4 nitrogen and oxygen atoms in total. The molecule has 0 amide bonds. The summed E-state index contributed by atoms with van der Waals surface area (Å²) in [6.45, 7) is 9.38. The molecular weight excluding hydrogens is 403 g/mol. The number of fused-ring (bicyclic) bond motifs is 2. The van der Waals surface area contributed by atoms with Crippen LogP contribution in [0.25, 0.3) is 21.8 Å². The largest absolute Gasteiger partial charge is 0.497 e. The van der Waals surface area contributed by atoms with Crippen LogP contribution in [0.15, 0.2) is 36.4 Å². The van der Waals surface area contributed by atoms with Gasteiger partial charge in [0.1, 0.15) is 5.75 Å². The number of nitrogens with one attached hydrogen (secondary N) is 1. The van der Waals surface area contributed by atoms with Crippen LogP contribution in [0.4, 0.5) is 18.9 Å². The van der Waals surface area contributed by atoms with Crippen LogP contribution < -0.4 is 10.1 Å². The second kappa shape index (κ2) is 9.73. The molecule has 0 spiro atoms. The number of pyridine rings is 1. The fourth-order valence-corrected chi connectivity index (χ4v) is 3.86. The quantitative estimate of drug-likeness (QED) is 0.400. The lowest BCUT2D eigenvalue weighted by atomic mass is 10.0. The van der Waals surface area contributed by atoms with Gasteiger partial charge in [-0.15, -0.1) is 0 Å². The third-order valence-electron chi connectivity index (χ3n) is 5.70. The number of benzene rings is 2. The van der Waals surface area contributed by atoms with Gasteiger partial charge in [0.25, 0.3) is 0 Å². The highest BCUT2D eigenvalue weighted by Crippen LogP contribution is 2.37. The molecule has 1 unspecified atom stereocenters. The van der Waals surface area contributed by atoms with E-state index >= 15 is 0 Å². The predicted octanol–water partition coefficient (Wildman–Crippen LogP) is 6.34. The minimum Gasteiger partial charge on any atom is -0.497 e. The summed E-state index contributed by atoms with van der Waals surface area (Å²) in [5.74, 6) is 0.637. The van der Waals surface area contributed by atoms with E-state index in [0.717, 1.165) is 43.9 Å². The smallest absolute Gasteiger partial charge is 0.416 e. The van der Waals surface area contributed by atoms with Crippen molar-refractivity contribution in [1.82, 2.24) is 9.88 Å². The maximum Gasteiger partial charge on any atom is 0.416 e. The molecule has 0 aliphatic heterocycles. The molecule has 3 aromatic rings. The number of halogens is 3. The van der Waals surface area contributed by atoms with Gasteiger partial charge in [0.15, 0.2) is 0 Å². The van der Waals surface area contributed by atoms with E-state index in [0.29, 0.717) is 27.9 Å². The lowest BCUT2D eigenvalue weighted by molar-refractivity contribution is -0.137. The fraction of sp³-hybridized carbons (Fsp3) is 0.458. The van der Waals surface area contributed by atoms with E-state index in [1.54, 1.807) is 7.11 Å². The van der Waals surface area contributed by atoms with Crippen LogP contribution in [0.3, 0.4) is 0 Å². The maximum absolute atomic E-state index is 13.4. The summed E-state index contributed by atoms with van der Waals surface area (Å²) in [5.41, 5.74) is 1.23. The van der Waals surface area contributed by atoms with Gasteiger partial charge in [-0.25, -0.2) is 4.98 Å². The molecular formula is C24H30F3N3O. The molecule has 0 aliphatic carbocycles. The molecule has 3 rings (SSSR count). The topological polar surface area (TPSA) is 37.4 Å². The van der Waals surface area contributed by atoms with Gasteiger partial charge in [-0.2, -0.15) is 13.2 Å². The standard InChI is InChI=1S/C24H30F3N3O/c1-5-30(6-2)13-7-8-16(3)28-23-19-14-17(24(25,26)27)9-11-21(19)29-22-12-10-18(31-4)15-20(22)23/h9-12,14-16H,5-8,13H2,1-4H3,(H,28,29). The molecule has 0 bridgehead atoms. The molecule has 7 heteroatoms. The molecule has 1 heterocycles. The first kappa shape index (κ1) is 23.1. The van der Waals surface area contributed by atoms with Crippen molar-refractivity contribution in [3.8, 4) is 5.75 Å². The molecule has 0 fully saturated rings. The highest BCUT2D eigenvalue weighted by atomic mass is 19.4. The van der Waals surface area contributed by atoms with Gasteiger partial charge >= 0.3 is 6.18 Å². The molecule has 1 N–H and O–H groups in total. The molecule has 1 atom stereocenters. The average molecular weight is 434 g/mol. The van der Waals surface area contributed by atoms with Gasteiger partial charge in [-0.3, -0.25) is 0 Å². The van der Waals surface area contributed by atoms with Crippen LogP contribution in [0, 0.1) is 0 Å². The van der Waals surface area contributed by atoms with Crippen molar-refractivity contribution in [3.63, 3.8) is 0 Å². The Bertz CT molecular complexity index is 1030. The molecule has 168 valence electrons. The van der Waals surface area contributed by atoms with Crippen molar-refractivity contribution in [1.29, 1.82) is 0 Å². The Morgan fingerprint density at radius 3 is 2.29 bits per heavy atom. The van der Waals surface area contributed by atoms with E-state index in [1.165, 1.54) is 12.1 Å². The van der Waals surface area contributed by atoms with Gasteiger partial charge in [-0.1, -0.05) is 13.8 Å². The summed E-state index contributed by atoms with van der Waals surface area (Å²) in [6.07, 6.45) is -2.50. The Labute approximate surface area is 181 Å². The van der Waals surface area contributed by atoms with Crippen LogP contribution in [0.1, 0.15) is 39.2 Å². The first-order chi connectivity index (χ1) is 14.8. The zero-order chi connectivity index (χ0) is 22.6. The number of hydrogen-bond acceptors (Lipinski definition) is 4. The summed E-state index contributed by atoms with van der Waals surface area (Å²) < 4.78 is 45.5. The average Bonchev–Trinajstić information content (AvgIpc) is 2.75. The summed E-state index contributed by atoms with van der Waals surface area (Å²) in [5, 5.41) is 4.70. The van der Waals surface area contributed by atoms with Gasteiger partial charge in [-0.05, 0) is 75.8 Å². The summed E-state index contributed by atoms with van der Waals surface area (Å²) in [7, 11) is 1.57. The van der Waals surface area contributed by atoms with Gasteiger partial charge < -0.3 is 15.0 Å². The van der Waals surface area contributed by atoms with Gasteiger partial charge in [0, 0.05) is 16.8 Å². The zero-order valence-electron chi connectivity index (χ0n) is 18.5. The summed E-state index contributed by atoms with van der Waals surface area (Å²) in [4.78, 5) is 6.95. The zero-order valence-corrected chi connectivity index (χ0v) is 18.5. The monoisotopic (exact) mass is 433 g/mol. The van der Waals surface area contributed by atoms with Crippen molar-refractivity contribution in [3.05, 3.63) is 42.0 Å². The van der Waals surface area contributed by atoms with E-state index in [2.05, 4.69) is 36.0 Å². The molecule has 2 aromatic carbocycles. The van der Waals surface area contributed by atoms with Crippen molar-refractivity contribution in [2.75, 3.05) is 32.1 Å². The second-order valence-corrected chi connectivity index (χ2v) is 7.81. The number of rotatable bonds is 9. The molecule has 1 aromatic heterocycles. The highest BCUT2D eigenvalue weighted by molar-refractivity contribution is 6.08. The van der Waals surface area contributed by atoms with E-state index < -0.39 is 11.7 Å². The maximum atomic E-state index is 13.4. The Balaban J connectivity index is 2.01. The van der Waals surface area contributed by atoms with Crippen LogP contribution in [-0.2, 0) is 6.18 Å². The van der Waals surface area contributed by atoms with Gasteiger partial charge in [0.05, 0.1) is 29.4 Å². The number of nitrogens with zero attached hydrogens (tertiary/aromatic N) is 2. The summed E-state index contributed by atoms with van der Waals surface area (Å²) in [6, 6.07) is 9.27. The molecule has 0 saturated carbocycles. The lowest BCUT2D eigenvalue weighted by Crippen LogP contribution is -2.25. The second-order valence-electron chi connectivity index (χ2n) is 7.81. The summed E-state index contributed by atoms with van der Waals surface area (Å²) >= 11 is 0. The Morgan fingerprint density at radius 1 is 1.03 bits per heavy atom. The highest BCUT2D eigenvalue weighted by Gasteiger charge is 2.31. The van der Waals surface area contributed by atoms with Gasteiger partial charge in [0.2, 0.25) is 0 Å². The molecule has 31 heavy (non-hydrogen) atoms. The number of ether oxygens (including phenoxy) is 1. The number of hydrogen-bond donors (Lipinski definition) is 1. The van der Waals surface area contributed by atoms with Crippen LogP contribution in [-0.4, -0.2) is 42.7 Å². The predicted molar refractivity (Wildman–Crippen MR) is 121 cm³/mol. The number of alkyl halides is 3. The Morgan fingerprint density at radius 2 is 1.68 bits per heavy atom. The Hall–Kier alpha value is -2.54. The third-order valence-corrected chi connectivity index (χ3v) is 5.70. The van der Waals surface area contributed by atoms with Crippen LogP contribution >= 0.6 is 0 Å². The number of anilines is 1. The SMILES string of the molecule is CCN(CC)CCCC(C)Nc1c2cc(OC)ccc2nc2ccc(C(F)(F)F)cc12. The fourth-order valence-electron chi connectivity index (χ4n) is 3.86. The minimum atomic E-state index is -4.41. The van der Waals surface area contributed by atoms with Crippen molar-refractivity contribution in [2.45, 2.75) is 45.8 Å². The van der Waals surface area contributed by atoms with Crippen molar-refractivity contribution >= 4 is 27.5 Å². The van der Waals surface area contributed by atoms with Crippen molar-refractivity contribution < 1.29 is 17.9 Å². The first-order valence-corrected chi connectivity index (χ1v) is 10.7. The minimum absolute atomic E-state index is 0.0881. The van der Waals surface area contributed by atoms with Crippen LogP contribution in [0.5, 0.6) is 5.75 Å².